The largest absolute Gasteiger partial charge is 0.264 e. The Labute approximate surface area is 159 Å². The van der Waals surface area contributed by atoms with E-state index in [0.717, 1.165) is 23.7 Å². The van der Waals surface area contributed by atoms with E-state index in [-0.39, 0.29) is 0 Å². The molecule has 1 aromatic rings. The highest BCUT2D eigenvalue weighted by molar-refractivity contribution is 5.72. The fourth-order valence-electron chi connectivity index (χ4n) is 7.38. The predicted octanol–water partition coefficient (Wildman–Crippen LogP) is 6.67. The lowest BCUT2D eigenvalue weighted by Gasteiger charge is -2.58. The summed E-state index contributed by atoms with van der Waals surface area (Å²) >= 11 is 0. The summed E-state index contributed by atoms with van der Waals surface area (Å²) in [6.45, 7) is 7.63. The van der Waals surface area contributed by atoms with Crippen LogP contribution >= 0.6 is 0 Å². The molecule has 6 atom stereocenters. The van der Waals surface area contributed by atoms with Crippen LogP contribution in [0.2, 0.25) is 0 Å². The van der Waals surface area contributed by atoms with Gasteiger partial charge in [-0.2, -0.15) is 0 Å². The molecule has 0 amide bonds. The third-order valence-electron chi connectivity index (χ3n) is 8.90. The molecule has 1 heterocycles. The number of rotatable bonds is 1. The van der Waals surface area contributed by atoms with Gasteiger partial charge in [-0.05, 0) is 96.7 Å². The number of fused-ring (bicyclic) bond motifs is 5. The summed E-state index contributed by atoms with van der Waals surface area (Å²) in [5.41, 5.74) is 5.62. The van der Waals surface area contributed by atoms with Crippen molar-refractivity contribution in [1.29, 1.82) is 0 Å². The van der Waals surface area contributed by atoms with Crippen LogP contribution in [0.4, 0.5) is 0 Å². The first-order chi connectivity index (χ1) is 12.5. The first-order valence-electron chi connectivity index (χ1n) is 10.8. The Balaban J connectivity index is 1.48. The van der Waals surface area contributed by atoms with Gasteiger partial charge in [0.25, 0.3) is 0 Å². The first-order valence-corrected chi connectivity index (χ1v) is 10.8. The van der Waals surface area contributed by atoms with Gasteiger partial charge >= 0.3 is 0 Å². The molecule has 0 aromatic carbocycles. The molecule has 4 aliphatic rings. The maximum Gasteiger partial charge on any atom is 0.0343 e. The summed E-state index contributed by atoms with van der Waals surface area (Å²) in [4.78, 5) is 4.40. The minimum Gasteiger partial charge on any atom is -0.264 e. The van der Waals surface area contributed by atoms with Gasteiger partial charge in [-0.1, -0.05) is 44.6 Å². The van der Waals surface area contributed by atoms with Gasteiger partial charge in [0.2, 0.25) is 0 Å². The van der Waals surface area contributed by atoms with Gasteiger partial charge in [0, 0.05) is 12.4 Å². The molecule has 4 aliphatic carbocycles. The van der Waals surface area contributed by atoms with E-state index in [1.165, 1.54) is 50.5 Å². The molecule has 1 heteroatoms. The molecule has 2 saturated carbocycles. The molecule has 0 radical (unpaired) electrons. The number of hydrogen-bond acceptors (Lipinski definition) is 1. The van der Waals surface area contributed by atoms with Gasteiger partial charge in [-0.15, -0.1) is 0 Å². The quantitative estimate of drug-likeness (QED) is 0.517. The summed E-state index contributed by atoms with van der Waals surface area (Å²) < 4.78 is 0. The van der Waals surface area contributed by atoms with E-state index in [1.54, 1.807) is 5.57 Å². The van der Waals surface area contributed by atoms with Crippen molar-refractivity contribution < 1.29 is 0 Å². The van der Waals surface area contributed by atoms with E-state index >= 15 is 0 Å². The van der Waals surface area contributed by atoms with Gasteiger partial charge in [-0.3, -0.25) is 4.98 Å². The first kappa shape index (κ1) is 16.8. The van der Waals surface area contributed by atoms with Crippen LogP contribution in [0.5, 0.6) is 0 Å². The van der Waals surface area contributed by atoms with Crippen LogP contribution in [-0.2, 0) is 0 Å². The van der Waals surface area contributed by atoms with Gasteiger partial charge in [0.05, 0.1) is 0 Å². The summed E-state index contributed by atoms with van der Waals surface area (Å²) in [5.74, 6) is 3.51. The lowest BCUT2D eigenvalue weighted by Crippen LogP contribution is -2.49. The predicted molar refractivity (Wildman–Crippen MR) is 108 cm³/mol. The smallest absolute Gasteiger partial charge is 0.0343 e. The van der Waals surface area contributed by atoms with Gasteiger partial charge in [0.15, 0.2) is 0 Å². The second kappa shape index (κ2) is 5.81. The van der Waals surface area contributed by atoms with Crippen LogP contribution in [0.25, 0.3) is 5.57 Å². The van der Waals surface area contributed by atoms with Crippen LogP contribution < -0.4 is 0 Å². The van der Waals surface area contributed by atoms with E-state index in [4.69, 9.17) is 0 Å². The van der Waals surface area contributed by atoms with Gasteiger partial charge < -0.3 is 0 Å². The van der Waals surface area contributed by atoms with Crippen LogP contribution in [-0.4, -0.2) is 4.98 Å². The number of aromatic nitrogens is 1. The molecular formula is C25H33N. The zero-order valence-corrected chi connectivity index (χ0v) is 16.7. The molecule has 2 fully saturated rings. The Hall–Kier alpha value is -1.37. The molecule has 1 aromatic heterocycles. The molecule has 0 bridgehead atoms. The second-order valence-corrected chi connectivity index (χ2v) is 10.2. The summed E-state index contributed by atoms with van der Waals surface area (Å²) in [5, 5.41) is 0. The Bertz CT molecular complexity index is 760. The highest BCUT2D eigenvalue weighted by atomic mass is 14.6. The van der Waals surface area contributed by atoms with Gasteiger partial charge in [0.1, 0.15) is 0 Å². The second-order valence-electron chi connectivity index (χ2n) is 10.2. The lowest BCUT2D eigenvalue weighted by molar-refractivity contribution is -0.0137. The number of hydrogen-bond donors (Lipinski definition) is 0. The summed E-state index contributed by atoms with van der Waals surface area (Å²) in [6, 6.07) is 4.36. The van der Waals surface area contributed by atoms with Crippen LogP contribution in [0.15, 0.2) is 42.3 Å². The maximum absolute atomic E-state index is 4.40. The highest BCUT2D eigenvalue weighted by Crippen LogP contribution is 2.66. The Kier molecular flexibility index (Phi) is 3.75. The topological polar surface area (TPSA) is 12.9 Å². The zero-order chi connectivity index (χ0) is 17.9. The van der Waals surface area contributed by atoms with E-state index in [1.807, 2.05) is 11.8 Å². The van der Waals surface area contributed by atoms with E-state index < -0.39 is 0 Å². The molecule has 138 valence electrons. The van der Waals surface area contributed by atoms with Crippen molar-refractivity contribution in [3.8, 4) is 0 Å². The van der Waals surface area contributed by atoms with E-state index in [2.05, 4.69) is 56.2 Å². The molecule has 0 saturated heterocycles. The van der Waals surface area contributed by atoms with Crippen molar-refractivity contribution in [1.82, 2.24) is 4.98 Å². The zero-order valence-electron chi connectivity index (χ0n) is 16.7. The molecule has 1 nitrogen and oxygen atoms in total. The fourth-order valence-corrected chi connectivity index (χ4v) is 7.38. The molecular weight excluding hydrogens is 314 g/mol. The molecule has 0 spiro atoms. The summed E-state index contributed by atoms with van der Waals surface area (Å²) in [6.07, 6.45) is 18.8. The van der Waals surface area contributed by atoms with Crippen molar-refractivity contribution in [3.05, 3.63) is 47.8 Å². The van der Waals surface area contributed by atoms with E-state index in [0.29, 0.717) is 10.8 Å². The van der Waals surface area contributed by atoms with Crippen LogP contribution in [0, 0.1) is 34.5 Å². The Morgan fingerprint density at radius 3 is 2.65 bits per heavy atom. The van der Waals surface area contributed by atoms with Gasteiger partial charge in [-0.25, -0.2) is 0 Å². The van der Waals surface area contributed by atoms with Crippen molar-refractivity contribution in [3.63, 3.8) is 0 Å². The third kappa shape index (κ3) is 2.25. The average Bonchev–Trinajstić information content (AvgIpc) is 3.00. The minimum atomic E-state index is 0.355. The summed E-state index contributed by atoms with van der Waals surface area (Å²) in [7, 11) is 0. The molecule has 0 aliphatic heterocycles. The average molecular weight is 348 g/mol. The minimum absolute atomic E-state index is 0.355. The Morgan fingerprint density at radius 2 is 1.85 bits per heavy atom. The third-order valence-corrected chi connectivity index (χ3v) is 8.90. The molecule has 5 unspecified atom stereocenters. The number of allylic oxidation sites excluding steroid dienone is 4. The maximum atomic E-state index is 4.40. The Morgan fingerprint density at radius 1 is 1.00 bits per heavy atom. The molecule has 5 rings (SSSR count). The van der Waals surface area contributed by atoms with Crippen molar-refractivity contribution >= 4 is 5.57 Å². The monoisotopic (exact) mass is 347 g/mol. The van der Waals surface area contributed by atoms with Crippen LogP contribution in [0.3, 0.4) is 0 Å². The van der Waals surface area contributed by atoms with Crippen molar-refractivity contribution in [2.75, 3.05) is 0 Å². The standard InChI is InChI=1S/C25H33N/c1-17-10-12-24(2)19(15-17)6-7-20-22-9-8-21(18-5-4-14-26-16-18)25(22,3)13-11-23(20)24/h4-6,8,14,16-17,20,22-23H,7,9-13,15H2,1-3H3/t17?,20?,22?,23?,24?,25-/m1/s1. The number of nitrogens with zero attached hydrogens (tertiary/aromatic N) is 1. The highest BCUT2D eigenvalue weighted by Gasteiger charge is 2.56. The SMILES string of the molecule is CC1CCC2(C)C(=CCC3C2CC[C@]2(C)C(c4cccnc4)=CCC32)C1. The molecule has 26 heavy (non-hydrogen) atoms. The lowest BCUT2D eigenvalue weighted by atomic mass is 9.47. The van der Waals surface area contributed by atoms with Crippen molar-refractivity contribution in [2.24, 2.45) is 34.5 Å². The molecule has 0 N–H and O–H groups in total. The normalized spacial score (nSPS) is 44.4. The van der Waals surface area contributed by atoms with Crippen molar-refractivity contribution in [2.45, 2.75) is 65.7 Å². The van der Waals surface area contributed by atoms with E-state index in [9.17, 15) is 0 Å². The number of pyridine rings is 1. The fraction of sp³-hybridized carbons (Fsp3) is 0.640. The van der Waals surface area contributed by atoms with Crippen LogP contribution in [0.1, 0.15) is 71.3 Å².